The Bertz CT molecular complexity index is 611. The van der Waals surface area contributed by atoms with Gasteiger partial charge in [-0.25, -0.2) is 0 Å². The van der Waals surface area contributed by atoms with Crippen LogP contribution in [0.5, 0.6) is 0 Å². The van der Waals surface area contributed by atoms with E-state index in [1.807, 2.05) is 24.3 Å². The molecule has 0 unspecified atom stereocenters. The summed E-state index contributed by atoms with van der Waals surface area (Å²) >= 11 is 0. The van der Waals surface area contributed by atoms with Gasteiger partial charge in [0.2, 0.25) is 5.91 Å². The molecule has 3 heteroatoms. The third kappa shape index (κ3) is 3.26. The van der Waals surface area contributed by atoms with E-state index in [2.05, 4.69) is 5.32 Å². The maximum Gasteiger partial charge on any atom is 0.224 e. The molecule has 24 heavy (non-hydrogen) atoms. The van der Waals surface area contributed by atoms with Gasteiger partial charge in [0, 0.05) is 12.0 Å². The number of ketones is 1. The summed E-state index contributed by atoms with van der Waals surface area (Å²) in [6.07, 6.45) is 8.70. The average molecular weight is 325 g/mol. The third-order valence-corrected chi connectivity index (χ3v) is 6.28. The highest BCUT2D eigenvalue weighted by molar-refractivity contribution is 5.80. The van der Waals surface area contributed by atoms with E-state index in [0.29, 0.717) is 12.8 Å². The van der Waals surface area contributed by atoms with E-state index in [-0.39, 0.29) is 17.2 Å². The van der Waals surface area contributed by atoms with Gasteiger partial charge in [-0.15, -0.1) is 0 Å². The third-order valence-electron chi connectivity index (χ3n) is 6.28. The molecule has 0 atom stereocenters. The smallest absolute Gasteiger partial charge is 0.224 e. The first-order valence-corrected chi connectivity index (χ1v) is 9.38. The number of benzene rings is 1. The second-order valence-corrected chi connectivity index (χ2v) is 8.62. The number of amides is 1. The van der Waals surface area contributed by atoms with Crippen LogP contribution in [0.3, 0.4) is 0 Å². The summed E-state index contributed by atoms with van der Waals surface area (Å²) in [5.41, 5.74) is 2.15. The molecule has 4 fully saturated rings. The normalized spacial score (nSPS) is 33.5. The topological polar surface area (TPSA) is 46.2 Å². The van der Waals surface area contributed by atoms with Crippen molar-refractivity contribution in [2.24, 2.45) is 17.8 Å². The van der Waals surface area contributed by atoms with Gasteiger partial charge >= 0.3 is 0 Å². The number of Topliss-reactive ketones (excluding diaryl/α,β-unsaturated/α-hetero) is 1. The van der Waals surface area contributed by atoms with Gasteiger partial charge in [0.05, 0.1) is 6.42 Å². The Kier molecular flexibility index (Phi) is 3.98. The van der Waals surface area contributed by atoms with Gasteiger partial charge < -0.3 is 5.32 Å². The fourth-order valence-corrected chi connectivity index (χ4v) is 5.85. The molecule has 0 aromatic heterocycles. The SMILES string of the molecule is CC(=O)Cc1ccc(CC(=O)NC23CC4CC(CC(C4)C2)C3)cc1. The monoisotopic (exact) mass is 325 g/mol. The van der Waals surface area contributed by atoms with Crippen LogP contribution in [0.2, 0.25) is 0 Å². The molecule has 1 aromatic rings. The zero-order chi connectivity index (χ0) is 16.7. The molecule has 4 saturated carbocycles. The van der Waals surface area contributed by atoms with Gasteiger partial charge in [0.1, 0.15) is 5.78 Å². The Labute approximate surface area is 144 Å². The van der Waals surface area contributed by atoms with Crippen LogP contribution < -0.4 is 5.32 Å². The number of nitrogens with one attached hydrogen (secondary N) is 1. The van der Waals surface area contributed by atoms with Crippen molar-refractivity contribution in [3.05, 3.63) is 35.4 Å². The minimum atomic E-state index is 0.0976. The minimum absolute atomic E-state index is 0.0976. The Morgan fingerprint density at radius 1 is 0.917 bits per heavy atom. The summed E-state index contributed by atoms with van der Waals surface area (Å²) in [5.74, 6) is 2.88. The zero-order valence-corrected chi connectivity index (χ0v) is 14.5. The van der Waals surface area contributed by atoms with Crippen molar-refractivity contribution in [3.8, 4) is 0 Å². The molecule has 1 N–H and O–H groups in total. The van der Waals surface area contributed by atoms with E-state index in [1.165, 1.54) is 38.5 Å². The van der Waals surface area contributed by atoms with Crippen molar-refractivity contribution in [2.45, 2.75) is 63.8 Å². The summed E-state index contributed by atoms with van der Waals surface area (Å²) in [7, 11) is 0. The van der Waals surface area contributed by atoms with E-state index in [4.69, 9.17) is 0 Å². The maximum atomic E-state index is 12.6. The highest BCUT2D eigenvalue weighted by Gasteiger charge is 2.51. The molecule has 4 bridgehead atoms. The summed E-state index contributed by atoms with van der Waals surface area (Å²) in [6.45, 7) is 1.60. The van der Waals surface area contributed by atoms with E-state index >= 15 is 0 Å². The lowest BCUT2D eigenvalue weighted by molar-refractivity contribution is -0.126. The number of rotatable bonds is 5. The molecule has 0 saturated heterocycles. The molecular formula is C21H27NO2. The number of hydrogen-bond acceptors (Lipinski definition) is 2. The lowest BCUT2D eigenvalue weighted by atomic mass is 9.53. The molecule has 0 aliphatic heterocycles. The zero-order valence-electron chi connectivity index (χ0n) is 14.5. The molecule has 4 aliphatic rings. The van der Waals surface area contributed by atoms with Gasteiger partial charge in [-0.1, -0.05) is 24.3 Å². The number of carbonyl (C=O) groups excluding carboxylic acids is 2. The van der Waals surface area contributed by atoms with Crippen molar-refractivity contribution < 1.29 is 9.59 Å². The fraction of sp³-hybridized carbons (Fsp3) is 0.619. The van der Waals surface area contributed by atoms with Gasteiger partial charge in [-0.2, -0.15) is 0 Å². The highest BCUT2D eigenvalue weighted by Crippen LogP contribution is 2.55. The van der Waals surface area contributed by atoms with Crippen LogP contribution in [0.4, 0.5) is 0 Å². The van der Waals surface area contributed by atoms with Crippen molar-refractivity contribution in [2.75, 3.05) is 0 Å². The molecule has 0 heterocycles. The van der Waals surface area contributed by atoms with Gasteiger partial charge in [-0.3, -0.25) is 9.59 Å². The molecule has 0 radical (unpaired) electrons. The van der Waals surface area contributed by atoms with Crippen molar-refractivity contribution in [3.63, 3.8) is 0 Å². The van der Waals surface area contributed by atoms with E-state index in [0.717, 1.165) is 28.9 Å². The lowest BCUT2D eigenvalue weighted by Crippen LogP contribution is -2.60. The Balaban J connectivity index is 1.37. The van der Waals surface area contributed by atoms with Gasteiger partial charge in [0.25, 0.3) is 0 Å². The predicted octanol–water partition coefficient (Wildman–Crippen LogP) is 3.45. The van der Waals surface area contributed by atoms with Crippen LogP contribution in [-0.4, -0.2) is 17.2 Å². The van der Waals surface area contributed by atoms with E-state index < -0.39 is 0 Å². The lowest BCUT2D eigenvalue weighted by Gasteiger charge is -2.56. The van der Waals surface area contributed by atoms with Crippen LogP contribution in [-0.2, 0) is 22.4 Å². The predicted molar refractivity (Wildman–Crippen MR) is 93.6 cm³/mol. The number of hydrogen-bond donors (Lipinski definition) is 1. The van der Waals surface area contributed by atoms with Crippen LogP contribution in [0.1, 0.15) is 56.6 Å². The van der Waals surface area contributed by atoms with Crippen LogP contribution in [0.25, 0.3) is 0 Å². The van der Waals surface area contributed by atoms with Crippen LogP contribution in [0, 0.1) is 17.8 Å². The minimum Gasteiger partial charge on any atom is -0.350 e. The molecule has 3 nitrogen and oxygen atoms in total. The van der Waals surface area contributed by atoms with Crippen molar-refractivity contribution in [1.29, 1.82) is 0 Å². The fourth-order valence-electron chi connectivity index (χ4n) is 5.85. The first kappa shape index (κ1) is 15.9. The summed E-state index contributed by atoms with van der Waals surface area (Å²) < 4.78 is 0. The van der Waals surface area contributed by atoms with E-state index in [9.17, 15) is 9.59 Å². The van der Waals surface area contributed by atoms with Crippen molar-refractivity contribution in [1.82, 2.24) is 5.32 Å². The summed E-state index contributed by atoms with van der Waals surface area (Å²) in [5, 5.41) is 3.43. The first-order chi connectivity index (χ1) is 11.5. The number of carbonyl (C=O) groups is 2. The molecule has 128 valence electrons. The Morgan fingerprint density at radius 2 is 1.38 bits per heavy atom. The summed E-state index contributed by atoms with van der Waals surface area (Å²) in [6, 6.07) is 7.90. The largest absolute Gasteiger partial charge is 0.350 e. The second-order valence-electron chi connectivity index (χ2n) is 8.62. The maximum absolute atomic E-state index is 12.6. The molecule has 4 aliphatic carbocycles. The summed E-state index contributed by atoms with van der Waals surface area (Å²) in [4.78, 5) is 23.8. The standard InChI is InChI=1S/C21H27NO2/c1-14(23)6-15-2-4-16(5-3-15)10-20(24)22-21-11-17-7-18(12-21)9-19(8-17)13-21/h2-5,17-19H,6-13H2,1H3,(H,22,24). The van der Waals surface area contributed by atoms with Gasteiger partial charge in [0.15, 0.2) is 0 Å². The quantitative estimate of drug-likeness (QED) is 0.901. The molecule has 1 aromatic carbocycles. The average Bonchev–Trinajstić information content (AvgIpc) is 2.46. The Morgan fingerprint density at radius 3 is 1.83 bits per heavy atom. The van der Waals surface area contributed by atoms with Crippen LogP contribution in [0.15, 0.2) is 24.3 Å². The van der Waals surface area contributed by atoms with E-state index in [1.54, 1.807) is 6.92 Å². The van der Waals surface area contributed by atoms with Crippen molar-refractivity contribution >= 4 is 11.7 Å². The molecule has 1 amide bonds. The van der Waals surface area contributed by atoms with Gasteiger partial charge in [-0.05, 0) is 74.3 Å². The molecule has 0 spiro atoms. The van der Waals surface area contributed by atoms with Crippen LogP contribution >= 0.6 is 0 Å². The molecular weight excluding hydrogens is 298 g/mol. The highest BCUT2D eigenvalue weighted by atomic mass is 16.1. The first-order valence-electron chi connectivity index (χ1n) is 9.38. The second kappa shape index (κ2) is 6.02. The Hall–Kier alpha value is -1.64. The molecule has 5 rings (SSSR count).